The van der Waals surface area contributed by atoms with Gasteiger partial charge in [0, 0.05) is 0 Å². The minimum Gasteiger partial charge on any atom is -0.106 e. The van der Waals surface area contributed by atoms with Crippen molar-refractivity contribution in [2.45, 2.75) is 289 Å². The second kappa shape index (κ2) is 34.8. The van der Waals surface area contributed by atoms with Crippen LogP contribution in [0.25, 0.3) is 0 Å². The second-order valence-corrected chi connectivity index (χ2v) is 21.6. The van der Waals surface area contributed by atoms with Crippen LogP contribution in [0.3, 0.4) is 0 Å². The average Bonchev–Trinajstić information content (AvgIpc) is 3.58. The first-order valence-electron chi connectivity index (χ1n) is 27.7. The van der Waals surface area contributed by atoms with E-state index in [-0.39, 0.29) is 7.43 Å². The van der Waals surface area contributed by atoms with Gasteiger partial charge in [0.2, 0.25) is 0 Å². The normalized spacial score (nSPS) is 34.9. The van der Waals surface area contributed by atoms with Crippen molar-refractivity contribution in [1.29, 1.82) is 0 Å². The molecule has 5 fully saturated rings. The smallest absolute Gasteiger partial charge is 0.0113 e. The summed E-state index contributed by atoms with van der Waals surface area (Å²) in [5.74, 6) is 9.60. The van der Waals surface area contributed by atoms with E-state index in [4.69, 9.17) is 0 Å². The van der Waals surface area contributed by atoms with Crippen LogP contribution in [0.5, 0.6) is 0 Å². The lowest BCUT2D eigenvalue weighted by molar-refractivity contribution is -0.0850. The lowest BCUT2D eigenvalue weighted by Gasteiger charge is -2.62. The molecule has 0 aromatic rings. The van der Waals surface area contributed by atoms with Crippen molar-refractivity contribution in [3.05, 3.63) is 24.8 Å². The Bertz CT molecular complexity index is 1010. The summed E-state index contributed by atoms with van der Waals surface area (Å²) in [6, 6.07) is 0. The molecule has 0 bridgehead atoms. The molecule has 0 aromatic carbocycles. The van der Waals surface area contributed by atoms with Gasteiger partial charge in [0.1, 0.15) is 0 Å². The molecule has 11 unspecified atom stereocenters. The summed E-state index contributed by atoms with van der Waals surface area (Å²) in [5, 5.41) is 0. The fraction of sp³-hybridized carbons (Fsp3) is 0.934. The van der Waals surface area contributed by atoms with Crippen LogP contribution in [-0.2, 0) is 0 Å². The van der Waals surface area contributed by atoms with Crippen molar-refractivity contribution < 1.29 is 0 Å². The standard InChI is InChI=1S/C38H66.C8H16.6C2H6.C2H4.CH4/c1-26-22-27(2)24-28(23-26)25-30-14-16-32-31(36(30,6)7)17-18-34-33-15-13-29(12-10-11-19-35(3,4)5)37(33,8)20-21-38(32,34)9;1-7-4-3-5-8(2)6-7;7*1-2;/h17,26-30,32-34H,10-16,18-25H2,1-9H3;7-8H,3-6H2,1-2H3;6*1-2H3;1-2H2;1H4. The van der Waals surface area contributed by atoms with Crippen molar-refractivity contribution >= 4 is 0 Å². The van der Waals surface area contributed by atoms with Gasteiger partial charge in [-0.1, -0.05) is 210 Å². The van der Waals surface area contributed by atoms with E-state index in [9.17, 15) is 0 Å². The SMILES string of the molecule is C.C=C.CC.CC.CC.CC.CC.CC.CC1CC(C)CC(CC2CCC3C(=CCC4C5CCC(CCCCC(C)(C)C)C5(C)CCC34C)C2(C)C)C1.CC1CCCC(C)C1. The predicted octanol–water partition coefficient (Wildman–Crippen LogP) is 22.3. The van der Waals surface area contributed by atoms with Gasteiger partial charge in [0.15, 0.2) is 0 Å². The third-order valence-electron chi connectivity index (χ3n) is 16.3. The van der Waals surface area contributed by atoms with Crippen LogP contribution in [0, 0.1) is 80.8 Å². The Morgan fingerprint density at radius 1 is 0.557 bits per heavy atom. The Morgan fingerprint density at radius 2 is 1.02 bits per heavy atom. The molecule has 0 heteroatoms. The zero-order valence-electron chi connectivity index (χ0n) is 46.7. The summed E-state index contributed by atoms with van der Waals surface area (Å²) in [6.45, 7) is 57.9. The zero-order valence-corrected chi connectivity index (χ0v) is 46.7. The van der Waals surface area contributed by atoms with E-state index in [1.807, 2.05) is 88.7 Å². The van der Waals surface area contributed by atoms with E-state index in [1.165, 1.54) is 122 Å². The van der Waals surface area contributed by atoms with E-state index in [0.717, 1.165) is 59.2 Å². The molecule has 0 nitrogen and oxygen atoms in total. The third kappa shape index (κ3) is 19.9. The highest BCUT2D eigenvalue weighted by molar-refractivity contribution is 5.28. The molecule has 0 spiro atoms. The molecule has 0 amide bonds. The van der Waals surface area contributed by atoms with Gasteiger partial charge in [0.05, 0.1) is 0 Å². The number of fused-ring (bicyclic) bond motifs is 5. The molecule has 61 heavy (non-hydrogen) atoms. The Hall–Kier alpha value is -0.520. The van der Waals surface area contributed by atoms with Gasteiger partial charge in [-0.2, -0.15) is 0 Å². The summed E-state index contributed by atoms with van der Waals surface area (Å²) >= 11 is 0. The first kappa shape index (κ1) is 67.1. The summed E-state index contributed by atoms with van der Waals surface area (Å²) in [6.07, 6.45) is 31.0. The monoisotopic (exact) mass is 859 g/mol. The Kier molecular flexibility index (Phi) is 38.2. The minimum absolute atomic E-state index is 0. The van der Waals surface area contributed by atoms with Gasteiger partial charge >= 0.3 is 0 Å². The summed E-state index contributed by atoms with van der Waals surface area (Å²) in [5.41, 5.74) is 4.02. The molecule has 0 N–H and O–H groups in total. The molecule has 370 valence electrons. The number of hydrogen-bond acceptors (Lipinski definition) is 0. The van der Waals surface area contributed by atoms with Gasteiger partial charge in [-0.25, -0.2) is 0 Å². The first-order valence-corrected chi connectivity index (χ1v) is 27.7. The minimum atomic E-state index is 0. The van der Waals surface area contributed by atoms with Crippen molar-refractivity contribution in [2.75, 3.05) is 0 Å². The Labute approximate surface area is 392 Å². The molecule has 6 aliphatic rings. The molecule has 0 heterocycles. The molecular weight excluding hydrogens is 733 g/mol. The van der Waals surface area contributed by atoms with Crippen LogP contribution >= 0.6 is 0 Å². The average molecular weight is 860 g/mol. The number of allylic oxidation sites excluding steroid dienone is 2. The van der Waals surface area contributed by atoms with Crippen molar-refractivity contribution in [3.63, 3.8) is 0 Å². The maximum atomic E-state index is 3.00. The first-order chi connectivity index (χ1) is 28.5. The van der Waals surface area contributed by atoms with Crippen molar-refractivity contribution in [1.82, 2.24) is 0 Å². The van der Waals surface area contributed by atoms with Crippen LogP contribution in [0.1, 0.15) is 289 Å². The van der Waals surface area contributed by atoms with Gasteiger partial charge in [-0.15, -0.1) is 13.2 Å². The van der Waals surface area contributed by atoms with E-state index >= 15 is 0 Å². The summed E-state index contributed by atoms with van der Waals surface area (Å²) in [7, 11) is 0. The quantitative estimate of drug-likeness (QED) is 0.184. The molecule has 0 radical (unpaired) electrons. The molecule has 5 saturated carbocycles. The molecule has 11 atom stereocenters. The third-order valence-corrected chi connectivity index (χ3v) is 16.3. The van der Waals surface area contributed by atoms with Gasteiger partial charge in [-0.3, -0.25) is 0 Å². The fourth-order valence-electron chi connectivity index (χ4n) is 13.7. The zero-order chi connectivity index (χ0) is 47.5. The topological polar surface area (TPSA) is 0 Å². The maximum Gasteiger partial charge on any atom is -0.0113 e. The highest BCUT2D eigenvalue weighted by atomic mass is 14.7. The highest BCUT2D eigenvalue weighted by Gasteiger charge is 2.61. The van der Waals surface area contributed by atoms with Crippen LogP contribution in [0.4, 0.5) is 0 Å². The summed E-state index contributed by atoms with van der Waals surface area (Å²) < 4.78 is 0. The largest absolute Gasteiger partial charge is 0.106 e. The van der Waals surface area contributed by atoms with Crippen LogP contribution in [0.2, 0.25) is 0 Å². The second-order valence-electron chi connectivity index (χ2n) is 21.6. The van der Waals surface area contributed by atoms with Crippen LogP contribution in [-0.4, -0.2) is 0 Å². The summed E-state index contributed by atoms with van der Waals surface area (Å²) in [4.78, 5) is 0. The molecule has 0 aliphatic heterocycles. The number of unbranched alkanes of at least 4 members (excludes halogenated alkanes) is 1. The number of hydrogen-bond donors (Lipinski definition) is 0. The van der Waals surface area contributed by atoms with Gasteiger partial charge in [-0.05, 0) is 171 Å². The van der Waals surface area contributed by atoms with Crippen molar-refractivity contribution in [3.8, 4) is 0 Å². The molecule has 0 saturated heterocycles. The number of rotatable bonds is 6. The molecule has 6 rings (SSSR count). The van der Waals surface area contributed by atoms with E-state index in [2.05, 4.69) is 95.4 Å². The lowest BCUT2D eigenvalue weighted by atomic mass is 9.42. The Balaban J connectivity index is -0.000000597. The maximum absolute atomic E-state index is 3.00. The molecular formula is C61H126. The van der Waals surface area contributed by atoms with Gasteiger partial charge in [0.25, 0.3) is 0 Å². The van der Waals surface area contributed by atoms with E-state index in [1.54, 1.807) is 0 Å². The Morgan fingerprint density at radius 3 is 1.48 bits per heavy atom. The van der Waals surface area contributed by atoms with Crippen LogP contribution in [0.15, 0.2) is 24.8 Å². The highest BCUT2D eigenvalue weighted by Crippen LogP contribution is 2.70. The lowest BCUT2D eigenvalue weighted by Crippen LogP contribution is -2.54. The van der Waals surface area contributed by atoms with E-state index in [0.29, 0.717) is 21.7 Å². The molecule has 0 aromatic heterocycles. The predicted molar refractivity (Wildman–Crippen MR) is 289 cm³/mol. The van der Waals surface area contributed by atoms with Gasteiger partial charge < -0.3 is 0 Å². The fourth-order valence-corrected chi connectivity index (χ4v) is 13.7. The molecule has 6 aliphatic carbocycles. The van der Waals surface area contributed by atoms with E-state index < -0.39 is 0 Å². The van der Waals surface area contributed by atoms with Crippen molar-refractivity contribution in [2.24, 2.45) is 80.8 Å². The van der Waals surface area contributed by atoms with Crippen LogP contribution < -0.4 is 0 Å².